The van der Waals surface area contributed by atoms with Crippen molar-refractivity contribution < 1.29 is 0 Å². The number of nitrogens with zero attached hydrogens (tertiary/aromatic N) is 1. The zero-order valence-corrected chi connectivity index (χ0v) is 8.34. The SMILES string of the molecule is O=c1[nH]c(=O)n(Br)cc1I. The monoisotopic (exact) mass is 316 g/mol. The molecule has 0 amide bonds. The predicted molar refractivity (Wildman–Crippen MR) is 48.4 cm³/mol. The van der Waals surface area contributed by atoms with Crippen molar-refractivity contribution in [2.45, 2.75) is 0 Å². The molecular weight excluding hydrogens is 315 g/mol. The first kappa shape index (κ1) is 7.99. The molecule has 0 spiro atoms. The maximum Gasteiger partial charge on any atom is 0.338 e. The highest BCUT2D eigenvalue weighted by atomic mass is 127. The molecule has 0 radical (unpaired) electrons. The minimum absolute atomic E-state index is 0.360. The molecule has 0 aliphatic rings. The average Bonchev–Trinajstić information content (AvgIpc) is 1.84. The van der Waals surface area contributed by atoms with Gasteiger partial charge in [0.2, 0.25) is 0 Å². The number of halogens is 2. The lowest BCUT2D eigenvalue weighted by Gasteiger charge is -1.91. The molecular formula is C4H2BrIN2O2. The van der Waals surface area contributed by atoms with E-state index in [1.54, 1.807) is 0 Å². The molecule has 0 bridgehead atoms. The van der Waals surface area contributed by atoms with Gasteiger partial charge in [0, 0.05) is 6.20 Å². The molecule has 1 N–H and O–H groups in total. The Morgan fingerprint density at radius 1 is 1.60 bits per heavy atom. The van der Waals surface area contributed by atoms with Crippen LogP contribution in [0.1, 0.15) is 0 Å². The van der Waals surface area contributed by atoms with Gasteiger partial charge >= 0.3 is 5.69 Å². The number of hydrogen-bond donors (Lipinski definition) is 1. The lowest BCUT2D eigenvalue weighted by atomic mass is 10.7. The summed E-state index contributed by atoms with van der Waals surface area (Å²) in [5.41, 5.74) is -0.827. The Balaban J connectivity index is 3.59. The van der Waals surface area contributed by atoms with Crippen molar-refractivity contribution in [2.24, 2.45) is 0 Å². The van der Waals surface area contributed by atoms with Gasteiger partial charge < -0.3 is 0 Å². The van der Waals surface area contributed by atoms with Gasteiger partial charge in [-0.25, -0.2) is 8.39 Å². The third-order valence-corrected chi connectivity index (χ3v) is 2.15. The summed E-state index contributed by atoms with van der Waals surface area (Å²) in [5.74, 6) is 0. The Kier molecular flexibility index (Phi) is 2.29. The smallest absolute Gasteiger partial charge is 0.272 e. The van der Waals surface area contributed by atoms with E-state index in [0.29, 0.717) is 3.57 Å². The summed E-state index contributed by atoms with van der Waals surface area (Å²) in [6.07, 6.45) is 1.40. The van der Waals surface area contributed by atoms with Crippen molar-refractivity contribution in [1.82, 2.24) is 8.58 Å². The minimum Gasteiger partial charge on any atom is -0.272 e. The Bertz CT molecular complexity index is 324. The van der Waals surface area contributed by atoms with E-state index < -0.39 is 5.69 Å². The number of aromatic nitrogens is 2. The van der Waals surface area contributed by atoms with Gasteiger partial charge in [-0.2, -0.15) is 0 Å². The van der Waals surface area contributed by atoms with Gasteiger partial charge in [0.05, 0.1) is 19.7 Å². The highest BCUT2D eigenvalue weighted by Gasteiger charge is 1.96. The largest absolute Gasteiger partial charge is 0.338 e. The van der Waals surface area contributed by atoms with Gasteiger partial charge in [0.25, 0.3) is 5.56 Å². The van der Waals surface area contributed by atoms with E-state index in [1.165, 1.54) is 6.20 Å². The van der Waals surface area contributed by atoms with Crippen LogP contribution in [0.15, 0.2) is 15.8 Å². The normalized spacial score (nSPS) is 9.80. The minimum atomic E-state index is -0.467. The van der Waals surface area contributed by atoms with Gasteiger partial charge in [0.1, 0.15) is 0 Å². The van der Waals surface area contributed by atoms with Crippen LogP contribution in [0, 0.1) is 3.57 Å². The molecule has 0 aromatic carbocycles. The Hall–Kier alpha value is -0.110. The molecule has 0 saturated heterocycles. The van der Waals surface area contributed by atoms with E-state index in [9.17, 15) is 9.59 Å². The molecule has 0 atom stereocenters. The molecule has 1 rings (SSSR count). The van der Waals surface area contributed by atoms with Crippen molar-refractivity contribution in [3.63, 3.8) is 0 Å². The summed E-state index contributed by atoms with van der Waals surface area (Å²) >= 11 is 4.74. The third-order valence-electron chi connectivity index (χ3n) is 0.858. The van der Waals surface area contributed by atoms with Crippen LogP contribution in [0.3, 0.4) is 0 Å². The highest BCUT2D eigenvalue weighted by Crippen LogP contribution is 1.93. The molecule has 0 unspecified atom stereocenters. The van der Waals surface area contributed by atoms with Crippen LogP contribution in [-0.2, 0) is 0 Å². The van der Waals surface area contributed by atoms with E-state index in [-0.39, 0.29) is 5.56 Å². The first-order valence-electron chi connectivity index (χ1n) is 2.29. The van der Waals surface area contributed by atoms with Gasteiger partial charge in [0.15, 0.2) is 0 Å². The van der Waals surface area contributed by atoms with Crippen molar-refractivity contribution >= 4 is 38.7 Å². The third kappa shape index (κ3) is 1.48. The van der Waals surface area contributed by atoms with E-state index in [1.807, 2.05) is 22.6 Å². The molecule has 1 heterocycles. The van der Waals surface area contributed by atoms with E-state index in [0.717, 1.165) is 3.59 Å². The molecule has 54 valence electrons. The van der Waals surface area contributed by atoms with Gasteiger partial charge in [-0.15, -0.1) is 0 Å². The number of hydrogen-bond acceptors (Lipinski definition) is 2. The van der Waals surface area contributed by atoms with Crippen LogP contribution in [0.4, 0.5) is 0 Å². The fraction of sp³-hybridized carbons (Fsp3) is 0. The maximum absolute atomic E-state index is 10.7. The van der Waals surface area contributed by atoms with Gasteiger partial charge in [-0.3, -0.25) is 9.78 Å². The Labute approximate surface area is 77.7 Å². The van der Waals surface area contributed by atoms with Gasteiger partial charge in [-0.05, 0) is 22.6 Å². The molecule has 4 nitrogen and oxygen atoms in total. The first-order valence-corrected chi connectivity index (χ1v) is 4.07. The molecule has 10 heavy (non-hydrogen) atoms. The van der Waals surface area contributed by atoms with Crippen LogP contribution in [0.2, 0.25) is 0 Å². The molecule has 0 aliphatic carbocycles. The summed E-state index contributed by atoms with van der Waals surface area (Å²) in [4.78, 5) is 23.4. The summed E-state index contributed by atoms with van der Waals surface area (Å²) in [6.45, 7) is 0. The zero-order valence-electron chi connectivity index (χ0n) is 4.60. The molecule has 0 aliphatic heterocycles. The summed E-state index contributed by atoms with van der Waals surface area (Å²) in [5, 5.41) is 0. The Morgan fingerprint density at radius 3 is 2.70 bits per heavy atom. The van der Waals surface area contributed by atoms with Crippen molar-refractivity contribution in [1.29, 1.82) is 0 Å². The van der Waals surface area contributed by atoms with E-state index in [2.05, 4.69) is 21.1 Å². The van der Waals surface area contributed by atoms with E-state index in [4.69, 9.17) is 0 Å². The topological polar surface area (TPSA) is 54.9 Å². The second kappa shape index (κ2) is 2.87. The molecule has 1 aromatic heterocycles. The fourth-order valence-corrected chi connectivity index (χ4v) is 1.52. The number of nitrogens with one attached hydrogen (secondary N) is 1. The maximum atomic E-state index is 10.7. The van der Waals surface area contributed by atoms with Crippen molar-refractivity contribution in [3.8, 4) is 0 Å². The lowest BCUT2D eigenvalue weighted by molar-refractivity contribution is 0.988. The summed E-state index contributed by atoms with van der Waals surface area (Å²) < 4.78 is 1.60. The highest BCUT2D eigenvalue weighted by molar-refractivity contribution is 14.1. The number of aromatic amines is 1. The summed E-state index contributed by atoms with van der Waals surface area (Å²) in [7, 11) is 0. The molecule has 0 fully saturated rings. The van der Waals surface area contributed by atoms with Crippen LogP contribution in [0.5, 0.6) is 0 Å². The summed E-state index contributed by atoms with van der Waals surface area (Å²) in [6, 6.07) is 0. The van der Waals surface area contributed by atoms with Crippen molar-refractivity contribution in [2.75, 3.05) is 0 Å². The van der Waals surface area contributed by atoms with Crippen LogP contribution < -0.4 is 11.2 Å². The zero-order chi connectivity index (χ0) is 7.72. The number of rotatable bonds is 0. The predicted octanol–water partition coefficient (Wildman–Crippen LogP) is 0.299. The Morgan fingerprint density at radius 2 is 2.20 bits per heavy atom. The van der Waals surface area contributed by atoms with Crippen LogP contribution in [-0.4, -0.2) is 8.58 Å². The molecule has 1 aromatic rings. The van der Waals surface area contributed by atoms with E-state index >= 15 is 0 Å². The lowest BCUT2D eigenvalue weighted by Crippen LogP contribution is -2.26. The van der Waals surface area contributed by atoms with Gasteiger partial charge in [-0.1, -0.05) is 0 Å². The molecule has 0 saturated carbocycles. The average molecular weight is 317 g/mol. The quantitative estimate of drug-likeness (QED) is 0.700. The second-order valence-electron chi connectivity index (χ2n) is 1.55. The van der Waals surface area contributed by atoms with Crippen molar-refractivity contribution in [3.05, 3.63) is 30.6 Å². The van der Waals surface area contributed by atoms with Crippen LogP contribution in [0.25, 0.3) is 0 Å². The number of H-pyrrole nitrogens is 1. The molecule has 6 heteroatoms. The fourth-order valence-electron chi connectivity index (χ4n) is 0.427. The van der Waals surface area contributed by atoms with Crippen LogP contribution >= 0.6 is 38.7 Å². The standard InChI is InChI=1S/C4H2BrIN2O2/c5-8-1-2(6)3(9)7-4(8)10/h1H,(H,7,9,10). The first-order chi connectivity index (χ1) is 4.61. The second-order valence-corrected chi connectivity index (χ2v) is 3.47.